The molecule has 0 aliphatic rings. The highest BCUT2D eigenvalue weighted by atomic mass is 16.5. The Morgan fingerprint density at radius 2 is 1.72 bits per heavy atom. The number of carbonyl (C=O) groups excluding carboxylic acids is 3. The Kier molecular flexibility index (Phi) is 8.88. The minimum absolute atomic E-state index is 0.0317. The van der Waals surface area contributed by atoms with Crippen molar-refractivity contribution in [2.24, 2.45) is 5.92 Å². The van der Waals surface area contributed by atoms with Gasteiger partial charge in [0, 0.05) is 18.8 Å². The highest BCUT2D eigenvalue weighted by Crippen LogP contribution is 2.12. The average Bonchev–Trinajstić information content (AvgIpc) is 2.35. The molecule has 0 fully saturated rings. The first-order chi connectivity index (χ1) is 8.51. The van der Waals surface area contributed by atoms with Gasteiger partial charge in [-0.25, -0.2) is 0 Å². The summed E-state index contributed by atoms with van der Waals surface area (Å²) in [7, 11) is 1.30. The summed E-state index contributed by atoms with van der Waals surface area (Å²) >= 11 is 0. The van der Waals surface area contributed by atoms with E-state index in [0.29, 0.717) is 25.9 Å². The predicted molar refractivity (Wildman–Crippen MR) is 65.9 cm³/mol. The number of hydrogen-bond donors (Lipinski definition) is 0. The van der Waals surface area contributed by atoms with Crippen LogP contribution in [0.15, 0.2) is 0 Å². The predicted octanol–water partition coefficient (Wildman–Crippen LogP) is 1.88. The number of ether oxygens (including phenoxy) is 2. The second-order valence-corrected chi connectivity index (χ2v) is 4.14. The lowest BCUT2D eigenvalue weighted by Gasteiger charge is -2.09. The normalized spacial score (nSPS) is 11.7. The molecule has 0 aromatic heterocycles. The van der Waals surface area contributed by atoms with E-state index in [1.54, 1.807) is 6.92 Å². The first-order valence-electron chi connectivity index (χ1n) is 6.26. The third-order valence-corrected chi connectivity index (χ3v) is 2.68. The lowest BCUT2D eigenvalue weighted by Crippen LogP contribution is -2.14. The van der Waals surface area contributed by atoms with Crippen molar-refractivity contribution in [3.8, 4) is 0 Å². The number of methoxy groups -OCH3 is 1. The van der Waals surface area contributed by atoms with Gasteiger partial charge in [-0.3, -0.25) is 14.4 Å². The standard InChI is InChI=1S/C13H22O5/c1-4-18-13(16)7-5-6-10(2)11(14)8-9-12(15)17-3/h10H,4-9H2,1-3H3. The molecule has 0 aromatic carbocycles. The average molecular weight is 258 g/mol. The zero-order chi connectivity index (χ0) is 14.0. The molecule has 0 saturated carbocycles. The van der Waals surface area contributed by atoms with Gasteiger partial charge in [-0.2, -0.15) is 0 Å². The van der Waals surface area contributed by atoms with E-state index in [-0.39, 0.29) is 36.5 Å². The van der Waals surface area contributed by atoms with Crippen LogP contribution in [0.5, 0.6) is 0 Å². The maximum Gasteiger partial charge on any atom is 0.305 e. The second-order valence-electron chi connectivity index (χ2n) is 4.14. The van der Waals surface area contributed by atoms with Crippen molar-refractivity contribution in [3.63, 3.8) is 0 Å². The van der Waals surface area contributed by atoms with E-state index in [4.69, 9.17) is 4.74 Å². The smallest absolute Gasteiger partial charge is 0.305 e. The van der Waals surface area contributed by atoms with Crippen LogP contribution in [0.2, 0.25) is 0 Å². The second kappa shape index (κ2) is 9.62. The molecule has 18 heavy (non-hydrogen) atoms. The number of esters is 2. The van der Waals surface area contributed by atoms with E-state index >= 15 is 0 Å². The first-order valence-corrected chi connectivity index (χ1v) is 6.26. The van der Waals surface area contributed by atoms with E-state index in [1.165, 1.54) is 7.11 Å². The number of hydrogen-bond acceptors (Lipinski definition) is 5. The van der Waals surface area contributed by atoms with Crippen LogP contribution >= 0.6 is 0 Å². The Balaban J connectivity index is 3.74. The van der Waals surface area contributed by atoms with Crippen molar-refractivity contribution in [2.75, 3.05) is 13.7 Å². The number of rotatable bonds is 9. The fourth-order valence-electron chi connectivity index (χ4n) is 1.52. The minimum Gasteiger partial charge on any atom is -0.469 e. The molecule has 0 aliphatic carbocycles. The molecular weight excluding hydrogens is 236 g/mol. The van der Waals surface area contributed by atoms with Crippen molar-refractivity contribution in [2.45, 2.75) is 46.0 Å². The maximum atomic E-state index is 11.6. The summed E-state index contributed by atoms with van der Waals surface area (Å²) in [5.41, 5.74) is 0. The van der Waals surface area contributed by atoms with Crippen LogP contribution in [-0.2, 0) is 23.9 Å². The molecule has 1 unspecified atom stereocenters. The van der Waals surface area contributed by atoms with Gasteiger partial charge in [-0.05, 0) is 19.8 Å². The van der Waals surface area contributed by atoms with Crippen LogP contribution in [0.25, 0.3) is 0 Å². The monoisotopic (exact) mass is 258 g/mol. The molecule has 0 spiro atoms. The summed E-state index contributed by atoms with van der Waals surface area (Å²) in [5, 5.41) is 0. The van der Waals surface area contributed by atoms with E-state index in [1.807, 2.05) is 6.92 Å². The quantitative estimate of drug-likeness (QED) is 0.590. The molecule has 104 valence electrons. The molecule has 0 bridgehead atoms. The Morgan fingerprint density at radius 1 is 1.06 bits per heavy atom. The Labute approximate surface area is 108 Å². The van der Waals surface area contributed by atoms with Gasteiger partial charge in [0.15, 0.2) is 0 Å². The first kappa shape index (κ1) is 16.6. The van der Waals surface area contributed by atoms with Gasteiger partial charge in [-0.15, -0.1) is 0 Å². The van der Waals surface area contributed by atoms with Crippen molar-refractivity contribution >= 4 is 17.7 Å². The molecule has 0 radical (unpaired) electrons. The van der Waals surface area contributed by atoms with Gasteiger partial charge in [0.05, 0.1) is 20.1 Å². The van der Waals surface area contributed by atoms with Crippen LogP contribution in [-0.4, -0.2) is 31.4 Å². The highest BCUT2D eigenvalue weighted by Gasteiger charge is 2.15. The van der Waals surface area contributed by atoms with Crippen molar-refractivity contribution in [3.05, 3.63) is 0 Å². The van der Waals surface area contributed by atoms with Crippen LogP contribution in [0.1, 0.15) is 46.0 Å². The van der Waals surface area contributed by atoms with E-state index in [0.717, 1.165) is 0 Å². The molecule has 0 aromatic rings. The molecule has 0 aliphatic heterocycles. The Hall–Kier alpha value is -1.39. The third-order valence-electron chi connectivity index (χ3n) is 2.68. The summed E-state index contributed by atoms with van der Waals surface area (Å²) in [6.07, 6.45) is 1.93. The van der Waals surface area contributed by atoms with Crippen molar-refractivity contribution in [1.82, 2.24) is 0 Å². The van der Waals surface area contributed by atoms with Gasteiger partial charge in [0.2, 0.25) is 0 Å². The van der Waals surface area contributed by atoms with Crippen LogP contribution < -0.4 is 0 Å². The molecule has 0 rings (SSSR count). The van der Waals surface area contributed by atoms with E-state index < -0.39 is 0 Å². The van der Waals surface area contributed by atoms with Crippen LogP contribution in [0.3, 0.4) is 0 Å². The van der Waals surface area contributed by atoms with Gasteiger partial charge >= 0.3 is 11.9 Å². The van der Waals surface area contributed by atoms with Crippen LogP contribution in [0, 0.1) is 5.92 Å². The number of ketones is 1. The minimum atomic E-state index is -0.373. The van der Waals surface area contributed by atoms with Crippen molar-refractivity contribution < 1.29 is 23.9 Å². The number of carbonyl (C=O) groups is 3. The summed E-state index contributed by atoms with van der Waals surface area (Å²) in [6.45, 7) is 3.95. The Bertz CT molecular complexity index is 285. The summed E-state index contributed by atoms with van der Waals surface area (Å²) in [6, 6.07) is 0. The molecule has 0 amide bonds. The third kappa shape index (κ3) is 7.81. The van der Waals surface area contributed by atoms with Crippen LogP contribution in [0.4, 0.5) is 0 Å². The van der Waals surface area contributed by atoms with Crippen molar-refractivity contribution in [1.29, 1.82) is 0 Å². The van der Waals surface area contributed by atoms with E-state index in [9.17, 15) is 14.4 Å². The topological polar surface area (TPSA) is 69.7 Å². The fourth-order valence-corrected chi connectivity index (χ4v) is 1.52. The lowest BCUT2D eigenvalue weighted by atomic mass is 9.96. The fraction of sp³-hybridized carbons (Fsp3) is 0.769. The highest BCUT2D eigenvalue weighted by molar-refractivity contribution is 5.84. The summed E-state index contributed by atoms with van der Waals surface area (Å²) < 4.78 is 9.26. The Morgan fingerprint density at radius 3 is 2.28 bits per heavy atom. The lowest BCUT2D eigenvalue weighted by molar-refractivity contribution is -0.143. The zero-order valence-electron chi connectivity index (χ0n) is 11.4. The number of Topliss-reactive ketones (excluding diaryl/α,β-unsaturated/α-hetero) is 1. The summed E-state index contributed by atoms with van der Waals surface area (Å²) in [5.74, 6) is -0.706. The molecule has 5 heteroatoms. The van der Waals surface area contributed by atoms with Gasteiger partial charge in [0.1, 0.15) is 5.78 Å². The zero-order valence-corrected chi connectivity index (χ0v) is 11.4. The molecule has 0 saturated heterocycles. The molecule has 5 nitrogen and oxygen atoms in total. The largest absolute Gasteiger partial charge is 0.469 e. The molecule has 0 heterocycles. The molecule has 1 atom stereocenters. The SMILES string of the molecule is CCOC(=O)CCCC(C)C(=O)CCC(=O)OC. The van der Waals surface area contributed by atoms with Gasteiger partial charge in [0.25, 0.3) is 0 Å². The van der Waals surface area contributed by atoms with Gasteiger partial charge < -0.3 is 9.47 Å². The molecular formula is C13H22O5. The van der Waals surface area contributed by atoms with E-state index in [2.05, 4.69) is 4.74 Å². The van der Waals surface area contributed by atoms with Gasteiger partial charge in [-0.1, -0.05) is 6.92 Å². The molecule has 0 N–H and O–H groups in total. The maximum absolute atomic E-state index is 11.6. The summed E-state index contributed by atoms with van der Waals surface area (Å²) in [4.78, 5) is 33.6.